The number of hydrogen-bond acceptors (Lipinski definition) is 4. The van der Waals surface area contributed by atoms with Crippen LogP contribution < -0.4 is 0 Å². The highest BCUT2D eigenvalue weighted by molar-refractivity contribution is 7.11. The third kappa shape index (κ3) is 2.75. The Morgan fingerprint density at radius 3 is 2.08 bits per heavy atom. The number of thiophene rings is 1. The maximum absolute atomic E-state index is 4.67. The Morgan fingerprint density at radius 1 is 0.808 bits per heavy atom. The van der Waals surface area contributed by atoms with E-state index in [-0.39, 0.29) is 0 Å². The second-order valence-corrected chi connectivity index (χ2v) is 7.81. The summed E-state index contributed by atoms with van der Waals surface area (Å²) in [4.78, 5) is 3.83. The van der Waals surface area contributed by atoms with Gasteiger partial charge in [0.25, 0.3) is 0 Å². The zero-order chi connectivity index (χ0) is 17.3. The lowest BCUT2D eigenvalue weighted by molar-refractivity contribution is 0.114. The lowest BCUT2D eigenvalue weighted by atomic mass is 10.0. The summed E-state index contributed by atoms with van der Waals surface area (Å²) in [6.45, 7) is 4.02. The molecule has 0 radical (unpaired) electrons. The van der Waals surface area contributed by atoms with Gasteiger partial charge >= 0.3 is 0 Å². The van der Waals surface area contributed by atoms with Gasteiger partial charge in [-0.25, -0.2) is 0 Å². The summed E-state index contributed by atoms with van der Waals surface area (Å²) >= 11 is 1.73. The first-order valence-corrected chi connectivity index (χ1v) is 10.0. The van der Waals surface area contributed by atoms with Gasteiger partial charge in [-0.1, -0.05) is 54.6 Å². The number of hydrogen-bond donors (Lipinski definition) is 0. The molecule has 2 heterocycles. The molecular weight excluding hydrogens is 338 g/mol. The highest BCUT2D eigenvalue weighted by Crippen LogP contribution is 2.46. The summed E-state index contributed by atoms with van der Waals surface area (Å²) < 4.78 is 0. The topological polar surface area (TPSA) is 18.8 Å². The molecule has 1 fully saturated rings. The summed E-state index contributed by atoms with van der Waals surface area (Å²) in [6, 6.07) is 22.3. The fourth-order valence-corrected chi connectivity index (χ4v) is 4.69. The van der Waals surface area contributed by atoms with E-state index in [1.165, 1.54) is 27.1 Å². The second kappa shape index (κ2) is 6.71. The lowest BCUT2D eigenvalue weighted by Crippen LogP contribution is -2.45. The molecule has 26 heavy (non-hydrogen) atoms. The number of hydrazone groups is 1. The van der Waals surface area contributed by atoms with E-state index >= 15 is 0 Å². The maximum atomic E-state index is 4.67. The van der Waals surface area contributed by atoms with Gasteiger partial charge in [-0.05, 0) is 33.7 Å². The van der Waals surface area contributed by atoms with Crippen LogP contribution in [0.1, 0.15) is 22.0 Å². The Kier molecular flexibility index (Phi) is 4.07. The number of nitrogens with zero attached hydrogens (tertiary/aromatic N) is 3. The molecule has 0 N–H and O–H groups in total. The first-order valence-electron chi connectivity index (χ1n) is 9.15. The normalized spacial score (nSPS) is 17.6. The lowest BCUT2D eigenvalue weighted by Gasteiger charge is -2.37. The Labute approximate surface area is 158 Å². The van der Waals surface area contributed by atoms with E-state index in [1.54, 1.807) is 11.3 Å². The van der Waals surface area contributed by atoms with Crippen LogP contribution in [0.4, 0.5) is 0 Å². The number of fused-ring (bicyclic) bond motifs is 3. The van der Waals surface area contributed by atoms with Crippen molar-refractivity contribution in [2.24, 2.45) is 5.10 Å². The average molecular weight is 359 g/mol. The Morgan fingerprint density at radius 2 is 1.46 bits per heavy atom. The molecule has 3 aromatic rings. The van der Waals surface area contributed by atoms with Gasteiger partial charge in [0, 0.05) is 31.1 Å². The molecule has 0 atom stereocenters. The molecule has 0 bridgehead atoms. The van der Waals surface area contributed by atoms with Crippen molar-refractivity contribution in [3.8, 4) is 11.1 Å². The predicted octanol–water partition coefficient (Wildman–Crippen LogP) is 4.47. The van der Waals surface area contributed by atoms with Crippen molar-refractivity contribution in [3.05, 3.63) is 82.0 Å². The van der Waals surface area contributed by atoms with E-state index in [1.807, 2.05) is 6.21 Å². The molecule has 1 aromatic heterocycles. The molecule has 3 nitrogen and oxygen atoms in total. The number of piperazine rings is 1. The molecule has 0 amide bonds. The molecule has 1 aliphatic heterocycles. The van der Waals surface area contributed by atoms with Crippen molar-refractivity contribution in [3.63, 3.8) is 0 Å². The largest absolute Gasteiger partial charge is 0.294 e. The van der Waals surface area contributed by atoms with Crippen LogP contribution in [0.3, 0.4) is 0 Å². The average Bonchev–Trinajstić information content (AvgIpc) is 3.33. The van der Waals surface area contributed by atoms with Gasteiger partial charge < -0.3 is 0 Å². The van der Waals surface area contributed by atoms with E-state index in [2.05, 4.69) is 81.1 Å². The van der Waals surface area contributed by atoms with Crippen LogP contribution in [-0.2, 0) is 0 Å². The molecule has 0 unspecified atom stereocenters. The van der Waals surface area contributed by atoms with Gasteiger partial charge in [0.05, 0.1) is 12.3 Å². The molecule has 5 rings (SSSR count). The van der Waals surface area contributed by atoms with Gasteiger partial charge in [-0.3, -0.25) is 9.91 Å². The van der Waals surface area contributed by atoms with Crippen molar-refractivity contribution in [1.29, 1.82) is 0 Å². The quantitative estimate of drug-likeness (QED) is 0.643. The van der Waals surface area contributed by atoms with Crippen LogP contribution >= 0.6 is 11.3 Å². The van der Waals surface area contributed by atoms with Crippen LogP contribution in [0.2, 0.25) is 0 Å². The van der Waals surface area contributed by atoms with Crippen LogP contribution in [0.15, 0.2) is 71.1 Å². The zero-order valence-corrected chi connectivity index (χ0v) is 15.4. The molecule has 4 heteroatoms. The molecular formula is C22H21N3S. The van der Waals surface area contributed by atoms with Crippen molar-refractivity contribution in [1.82, 2.24) is 9.91 Å². The minimum absolute atomic E-state index is 0.380. The molecule has 130 valence electrons. The van der Waals surface area contributed by atoms with Crippen molar-refractivity contribution in [2.75, 3.05) is 26.2 Å². The van der Waals surface area contributed by atoms with E-state index < -0.39 is 0 Å². The van der Waals surface area contributed by atoms with Gasteiger partial charge in [0.1, 0.15) is 0 Å². The Bertz CT molecular complexity index is 879. The summed E-state index contributed by atoms with van der Waals surface area (Å²) in [5.41, 5.74) is 5.69. The Balaban J connectivity index is 1.35. The zero-order valence-electron chi connectivity index (χ0n) is 14.6. The highest BCUT2D eigenvalue weighted by Gasteiger charge is 2.33. The molecule has 2 aliphatic rings. The first kappa shape index (κ1) is 15.8. The molecule has 0 spiro atoms. The number of rotatable bonds is 3. The second-order valence-electron chi connectivity index (χ2n) is 6.83. The predicted molar refractivity (Wildman–Crippen MR) is 109 cm³/mol. The standard InChI is InChI=1S/C22H21N3S/c1-3-9-20-18(7-1)19-8-2-4-10-21(19)22(20)24-11-13-25(14-12-24)23-16-17-6-5-15-26-17/h1-10,15-16,22H,11-14H2/b23-16-. The summed E-state index contributed by atoms with van der Waals surface area (Å²) in [6.07, 6.45) is 1.99. The third-order valence-corrected chi connectivity index (χ3v) is 6.16. The monoisotopic (exact) mass is 359 g/mol. The van der Waals surface area contributed by atoms with Crippen LogP contribution in [0.5, 0.6) is 0 Å². The van der Waals surface area contributed by atoms with Crippen LogP contribution in [-0.4, -0.2) is 42.3 Å². The van der Waals surface area contributed by atoms with Gasteiger partial charge in [0.15, 0.2) is 0 Å². The minimum Gasteiger partial charge on any atom is -0.294 e. The fraction of sp³-hybridized carbons (Fsp3) is 0.227. The minimum atomic E-state index is 0.380. The Hall–Kier alpha value is -2.43. The molecule has 0 saturated carbocycles. The summed E-state index contributed by atoms with van der Waals surface area (Å²) in [5.74, 6) is 0. The van der Waals surface area contributed by atoms with Gasteiger partial charge in [-0.2, -0.15) is 5.10 Å². The van der Waals surface area contributed by atoms with Crippen molar-refractivity contribution < 1.29 is 0 Å². The van der Waals surface area contributed by atoms with Crippen LogP contribution in [0.25, 0.3) is 11.1 Å². The van der Waals surface area contributed by atoms with E-state index in [4.69, 9.17) is 0 Å². The smallest absolute Gasteiger partial charge is 0.0642 e. The van der Waals surface area contributed by atoms with Crippen molar-refractivity contribution >= 4 is 17.6 Å². The van der Waals surface area contributed by atoms with Gasteiger partial charge in [0.2, 0.25) is 0 Å². The fourth-order valence-electron chi connectivity index (χ4n) is 4.11. The third-order valence-electron chi connectivity index (χ3n) is 5.35. The first-order chi connectivity index (χ1) is 12.9. The summed E-state index contributed by atoms with van der Waals surface area (Å²) in [5, 5.41) is 8.96. The maximum Gasteiger partial charge on any atom is 0.0642 e. The highest BCUT2D eigenvalue weighted by atomic mass is 32.1. The molecule has 1 saturated heterocycles. The van der Waals surface area contributed by atoms with E-state index in [0.29, 0.717) is 6.04 Å². The van der Waals surface area contributed by atoms with Gasteiger partial charge in [-0.15, -0.1) is 11.3 Å². The number of benzene rings is 2. The molecule has 2 aromatic carbocycles. The SMILES string of the molecule is C(=N/N1CCN(C2c3ccccc3-c3ccccc32)CC1)/c1cccs1. The molecule has 1 aliphatic carbocycles. The van der Waals surface area contributed by atoms with Crippen molar-refractivity contribution in [2.45, 2.75) is 6.04 Å². The summed E-state index contributed by atoms with van der Waals surface area (Å²) in [7, 11) is 0. The van der Waals surface area contributed by atoms with E-state index in [0.717, 1.165) is 26.2 Å². The van der Waals surface area contributed by atoms with E-state index in [9.17, 15) is 0 Å². The van der Waals surface area contributed by atoms with Crippen LogP contribution in [0, 0.1) is 0 Å².